The normalized spacial score (nSPS) is 20.1. The molecule has 2 aromatic heterocycles. The highest BCUT2D eigenvalue weighted by atomic mass is 16.7. The number of hydroxylamine groups is 2. The molecule has 29 heavy (non-hydrogen) atoms. The average molecular weight is 396 g/mol. The van der Waals surface area contributed by atoms with Crippen LogP contribution >= 0.6 is 0 Å². The summed E-state index contributed by atoms with van der Waals surface area (Å²) >= 11 is 0. The van der Waals surface area contributed by atoms with Crippen LogP contribution in [0.2, 0.25) is 0 Å². The maximum absolute atomic E-state index is 13.1. The number of hydrogen-bond acceptors (Lipinski definition) is 7. The third-order valence-corrected chi connectivity index (χ3v) is 5.46. The molecule has 0 saturated carbocycles. The van der Waals surface area contributed by atoms with Crippen molar-refractivity contribution in [3.05, 3.63) is 47.5 Å². The lowest BCUT2D eigenvalue weighted by atomic mass is 9.95. The fraction of sp³-hybridized carbons (Fsp3) is 0.450. The summed E-state index contributed by atoms with van der Waals surface area (Å²) in [5.74, 6) is -0.223. The lowest BCUT2D eigenvalue weighted by Crippen LogP contribution is -2.42. The van der Waals surface area contributed by atoms with Gasteiger partial charge in [-0.05, 0) is 37.5 Å². The SMILES string of the molecule is Cc1ccc(C2CCON2C(=O)C2CCN(c3nccc(C(N)=O)n3)CC2)cn1. The monoisotopic (exact) mass is 396 g/mol. The van der Waals surface area contributed by atoms with Crippen LogP contribution in [0.1, 0.15) is 47.1 Å². The second kappa shape index (κ2) is 8.12. The molecular weight excluding hydrogens is 372 g/mol. The maximum atomic E-state index is 13.1. The quantitative estimate of drug-likeness (QED) is 0.831. The molecule has 2 saturated heterocycles. The third-order valence-electron chi connectivity index (χ3n) is 5.46. The van der Waals surface area contributed by atoms with E-state index in [9.17, 15) is 9.59 Å². The van der Waals surface area contributed by atoms with Crippen LogP contribution in [0, 0.1) is 12.8 Å². The minimum atomic E-state index is -0.582. The Morgan fingerprint density at radius 1 is 1.14 bits per heavy atom. The van der Waals surface area contributed by atoms with Crippen LogP contribution in [0.25, 0.3) is 0 Å². The van der Waals surface area contributed by atoms with Gasteiger partial charge in [-0.3, -0.25) is 19.4 Å². The number of nitrogens with two attached hydrogens (primary N) is 1. The second-order valence-corrected chi connectivity index (χ2v) is 7.40. The summed E-state index contributed by atoms with van der Waals surface area (Å²) in [4.78, 5) is 44.9. The van der Waals surface area contributed by atoms with E-state index < -0.39 is 5.91 Å². The second-order valence-electron chi connectivity index (χ2n) is 7.40. The van der Waals surface area contributed by atoms with Gasteiger partial charge in [-0.15, -0.1) is 0 Å². The van der Waals surface area contributed by atoms with Crippen molar-refractivity contribution >= 4 is 17.8 Å². The highest BCUT2D eigenvalue weighted by Gasteiger charge is 2.37. The van der Waals surface area contributed by atoms with Crippen molar-refractivity contribution in [2.24, 2.45) is 11.7 Å². The number of amides is 2. The van der Waals surface area contributed by atoms with Crippen LogP contribution < -0.4 is 10.6 Å². The lowest BCUT2D eigenvalue weighted by molar-refractivity contribution is -0.182. The molecule has 0 aliphatic carbocycles. The number of aromatic nitrogens is 3. The van der Waals surface area contributed by atoms with Gasteiger partial charge in [0, 0.05) is 43.5 Å². The van der Waals surface area contributed by atoms with Gasteiger partial charge in [0.2, 0.25) is 11.9 Å². The molecule has 2 amide bonds. The summed E-state index contributed by atoms with van der Waals surface area (Å²) in [6.45, 7) is 3.72. The molecule has 1 atom stereocenters. The molecule has 2 aromatic rings. The molecule has 0 bridgehead atoms. The Labute approximate surface area is 168 Å². The van der Waals surface area contributed by atoms with E-state index in [1.54, 1.807) is 0 Å². The number of hydrogen-bond donors (Lipinski definition) is 1. The molecule has 152 valence electrons. The number of piperidine rings is 1. The lowest BCUT2D eigenvalue weighted by Gasteiger charge is -2.34. The molecule has 9 nitrogen and oxygen atoms in total. The number of anilines is 1. The van der Waals surface area contributed by atoms with Crippen molar-refractivity contribution in [1.82, 2.24) is 20.0 Å². The largest absolute Gasteiger partial charge is 0.364 e. The van der Waals surface area contributed by atoms with Gasteiger partial charge in [-0.2, -0.15) is 0 Å². The fourth-order valence-corrected chi connectivity index (χ4v) is 3.81. The number of carbonyl (C=O) groups excluding carboxylic acids is 2. The molecule has 0 spiro atoms. The van der Waals surface area contributed by atoms with Crippen molar-refractivity contribution in [3.8, 4) is 0 Å². The van der Waals surface area contributed by atoms with Crippen molar-refractivity contribution in [2.75, 3.05) is 24.6 Å². The van der Waals surface area contributed by atoms with Crippen LogP contribution in [0.5, 0.6) is 0 Å². The molecule has 0 aromatic carbocycles. The predicted octanol–water partition coefficient (Wildman–Crippen LogP) is 1.40. The molecular formula is C20H24N6O3. The smallest absolute Gasteiger partial charge is 0.267 e. The molecule has 2 fully saturated rings. The van der Waals surface area contributed by atoms with E-state index in [1.807, 2.05) is 30.2 Å². The minimum absolute atomic E-state index is 0.0135. The van der Waals surface area contributed by atoms with Crippen LogP contribution in [-0.4, -0.2) is 51.5 Å². The first kappa shape index (κ1) is 19.3. The van der Waals surface area contributed by atoms with Crippen molar-refractivity contribution in [2.45, 2.75) is 32.2 Å². The van der Waals surface area contributed by atoms with Gasteiger partial charge in [0.05, 0.1) is 12.6 Å². The van der Waals surface area contributed by atoms with Gasteiger partial charge in [0.1, 0.15) is 5.69 Å². The molecule has 4 heterocycles. The van der Waals surface area contributed by atoms with Gasteiger partial charge in [0.15, 0.2) is 0 Å². The first-order valence-corrected chi connectivity index (χ1v) is 9.79. The molecule has 2 aliphatic rings. The van der Waals surface area contributed by atoms with Gasteiger partial charge < -0.3 is 10.6 Å². The number of pyridine rings is 1. The number of carbonyl (C=O) groups is 2. The highest BCUT2D eigenvalue weighted by molar-refractivity contribution is 5.90. The zero-order valence-electron chi connectivity index (χ0n) is 16.3. The molecule has 2 aliphatic heterocycles. The molecule has 2 N–H and O–H groups in total. The summed E-state index contributed by atoms with van der Waals surface area (Å²) < 4.78 is 0. The van der Waals surface area contributed by atoms with Crippen LogP contribution in [0.4, 0.5) is 5.95 Å². The molecule has 0 radical (unpaired) electrons. The van der Waals surface area contributed by atoms with Gasteiger partial charge in [-0.1, -0.05) is 6.07 Å². The Morgan fingerprint density at radius 2 is 1.93 bits per heavy atom. The number of rotatable bonds is 4. The number of nitrogens with zero attached hydrogens (tertiary/aromatic N) is 5. The Balaban J connectivity index is 1.40. The third kappa shape index (κ3) is 4.04. The molecule has 1 unspecified atom stereocenters. The van der Waals surface area contributed by atoms with Gasteiger partial charge in [0.25, 0.3) is 5.91 Å². The molecule has 4 rings (SSSR count). The van der Waals surface area contributed by atoms with Crippen LogP contribution in [-0.2, 0) is 9.63 Å². The standard InChI is InChI=1S/C20H24N6O3/c1-13-2-3-15(12-23-13)17-7-11-29-26(17)19(28)14-5-9-25(10-6-14)20-22-8-4-16(24-20)18(21)27/h2-4,8,12,14,17H,5-7,9-11H2,1H3,(H2,21,27). The van der Waals surface area contributed by atoms with E-state index in [-0.39, 0.29) is 23.6 Å². The Hall–Kier alpha value is -3.07. The van der Waals surface area contributed by atoms with E-state index in [0.717, 1.165) is 17.7 Å². The zero-order valence-corrected chi connectivity index (χ0v) is 16.3. The van der Waals surface area contributed by atoms with E-state index in [4.69, 9.17) is 10.6 Å². The predicted molar refractivity (Wildman–Crippen MR) is 105 cm³/mol. The maximum Gasteiger partial charge on any atom is 0.267 e. The van der Waals surface area contributed by atoms with Crippen LogP contribution in [0.15, 0.2) is 30.6 Å². The summed E-state index contributed by atoms with van der Waals surface area (Å²) in [5.41, 5.74) is 7.43. The van der Waals surface area contributed by atoms with Gasteiger partial charge >= 0.3 is 0 Å². The zero-order chi connectivity index (χ0) is 20.4. The van der Waals surface area contributed by atoms with Crippen molar-refractivity contribution in [3.63, 3.8) is 0 Å². The first-order valence-electron chi connectivity index (χ1n) is 9.79. The first-order chi connectivity index (χ1) is 14.0. The van der Waals surface area contributed by atoms with Crippen molar-refractivity contribution in [1.29, 1.82) is 0 Å². The summed E-state index contributed by atoms with van der Waals surface area (Å²) in [6.07, 6.45) is 5.45. The van der Waals surface area contributed by atoms with Crippen molar-refractivity contribution < 1.29 is 14.4 Å². The Morgan fingerprint density at radius 3 is 2.62 bits per heavy atom. The fourth-order valence-electron chi connectivity index (χ4n) is 3.81. The van der Waals surface area contributed by atoms with E-state index in [2.05, 4.69) is 15.0 Å². The van der Waals surface area contributed by atoms with E-state index in [1.165, 1.54) is 17.3 Å². The number of aryl methyl sites for hydroxylation is 1. The summed E-state index contributed by atoms with van der Waals surface area (Å²) in [6, 6.07) is 5.36. The van der Waals surface area contributed by atoms with E-state index >= 15 is 0 Å². The van der Waals surface area contributed by atoms with E-state index in [0.29, 0.717) is 38.5 Å². The Bertz CT molecular complexity index is 895. The van der Waals surface area contributed by atoms with Gasteiger partial charge in [-0.25, -0.2) is 15.0 Å². The number of primary amides is 1. The highest BCUT2D eigenvalue weighted by Crippen LogP contribution is 2.33. The van der Waals surface area contributed by atoms with Crippen LogP contribution in [0.3, 0.4) is 0 Å². The topological polar surface area (TPSA) is 115 Å². The summed E-state index contributed by atoms with van der Waals surface area (Å²) in [7, 11) is 0. The minimum Gasteiger partial charge on any atom is -0.364 e. The molecule has 9 heteroatoms. The Kier molecular flexibility index (Phi) is 5.39. The average Bonchev–Trinajstić information content (AvgIpc) is 3.24. The summed E-state index contributed by atoms with van der Waals surface area (Å²) in [5, 5.41) is 1.54.